The summed E-state index contributed by atoms with van der Waals surface area (Å²) in [6.07, 6.45) is 4.25. The zero-order valence-corrected chi connectivity index (χ0v) is 55.2. The highest BCUT2D eigenvalue weighted by molar-refractivity contribution is 6.31. The average Bonchev–Trinajstić information content (AvgIpc) is 0.988. The molecule has 5 aliphatic rings. The van der Waals surface area contributed by atoms with Crippen LogP contribution in [0.4, 0.5) is 52.7 Å². The fraction of sp³-hybridized carbons (Fsp3) is 0.333. The standard InChI is InChI=1S/C20H20F3NO3.C18H18F3NO3.C17H15ClF3NO3.C17H16F3NO3/c21-20(22,23)14-8-9-18(27-12-13-4-1-2-5-13)17(10-14)19(26)24-15-6-3-7-16(25)11-15;1-11(2)10-25-16-7-6-12(18(19,20)21)8-15(16)17(24)22-13-4-3-5-14(23)9-13;18-11-5-6-14(15(9-11)25-8-2-7-17(19,20)21)16(24)22-12-3-1-4-13(23)10-12;1-2-8-24-15-7-6-11(17(18,19)20)9-14(15)16(23)21-12-4-3-5-13(22)10-12/h3,6,8-11,13H,1-2,4-5,7,12H2,(H,24,26);3-4,6-9,11H,5,10H2,1-2H3,(H,22,24);1,3,5-6,9-10H,2,4,7-8H2,(H,22,24);3-4,6-7,9-10H,2,5,8H2,1H3,(H,21,23). The highest BCUT2D eigenvalue weighted by Gasteiger charge is 2.35. The number of ether oxygens (including phenoxy) is 4. The predicted octanol–water partition coefficient (Wildman–Crippen LogP) is 16.1. The molecule has 4 amide bonds. The molecule has 9 rings (SSSR count). The third kappa shape index (κ3) is 26.9. The Morgan fingerprint density at radius 2 is 0.822 bits per heavy atom. The fourth-order valence-electron chi connectivity index (χ4n) is 9.57. The molecule has 4 aromatic carbocycles. The number of hydrogen-bond donors (Lipinski definition) is 4. The summed E-state index contributed by atoms with van der Waals surface area (Å²) in [4.78, 5) is 95.2. The lowest BCUT2D eigenvalue weighted by atomic mass is 10.1. The van der Waals surface area contributed by atoms with Gasteiger partial charge in [-0.25, -0.2) is 0 Å². The van der Waals surface area contributed by atoms with Crippen LogP contribution in [0.15, 0.2) is 168 Å². The zero-order chi connectivity index (χ0) is 74.2. The van der Waals surface area contributed by atoms with Gasteiger partial charge in [-0.3, -0.25) is 38.4 Å². The Balaban J connectivity index is 0.000000212. The van der Waals surface area contributed by atoms with Crippen LogP contribution in [0, 0.1) is 11.8 Å². The number of carbonyl (C=O) groups excluding carboxylic acids is 8. The van der Waals surface area contributed by atoms with Crippen molar-refractivity contribution >= 4 is 58.4 Å². The van der Waals surface area contributed by atoms with Crippen molar-refractivity contribution in [2.75, 3.05) is 26.4 Å². The lowest BCUT2D eigenvalue weighted by Crippen LogP contribution is -2.25. The summed E-state index contributed by atoms with van der Waals surface area (Å²) in [6, 6.07) is 12.6. The van der Waals surface area contributed by atoms with E-state index in [-0.39, 0.29) is 148 Å². The lowest BCUT2D eigenvalue weighted by molar-refractivity contribution is -0.138. The van der Waals surface area contributed by atoms with Gasteiger partial charge in [0, 0.05) is 84.2 Å². The van der Waals surface area contributed by atoms with Gasteiger partial charge in [0.05, 0.1) is 65.4 Å². The molecule has 0 spiro atoms. The molecule has 0 unspecified atom stereocenters. The highest BCUT2D eigenvalue weighted by atomic mass is 35.5. The first-order valence-corrected chi connectivity index (χ1v) is 31.8. The monoisotopic (exact) mass is 1440 g/mol. The van der Waals surface area contributed by atoms with Gasteiger partial charge in [0.2, 0.25) is 0 Å². The fourth-order valence-corrected chi connectivity index (χ4v) is 9.74. The second-order valence-corrected chi connectivity index (χ2v) is 23.8. The molecule has 0 saturated heterocycles. The summed E-state index contributed by atoms with van der Waals surface area (Å²) in [7, 11) is 0. The van der Waals surface area contributed by atoms with E-state index < -0.39 is 71.4 Å². The molecule has 16 nitrogen and oxygen atoms in total. The van der Waals surface area contributed by atoms with E-state index in [9.17, 15) is 91.0 Å². The Bertz CT molecular complexity index is 3970. The molecule has 540 valence electrons. The molecule has 1 fully saturated rings. The molecule has 5 aliphatic carbocycles. The van der Waals surface area contributed by atoms with Crippen LogP contribution in [-0.2, 0) is 37.7 Å². The summed E-state index contributed by atoms with van der Waals surface area (Å²) in [6.45, 7) is 6.29. The van der Waals surface area contributed by atoms with Crippen molar-refractivity contribution in [3.05, 3.63) is 212 Å². The maximum absolute atomic E-state index is 13.1. The molecule has 0 radical (unpaired) electrons. The minimum atomic E-state index is -4.58. The first kappa shape index (κ1) is 80.0. The van der Waals surface area contributed by atoms with Crippen LogP contribution < -0.4 is 40.2 Å². The first-order chi connectivity index (χ1) is 47.5. The van der Waals surface area contributed by atoms with Gasteiger partial charge in [0.15, 0.2) is 23.1 Å². The number of alkyl halides is 12. The molecule has 0 aliphatic heterocycles. The van der Waals surface area contributed by atoms with E-state index in [2.05, 4.69) is 21.3 Å². The second-order valence-electron chi connectivity index (χ2n) is 23.4. The van der Waals surface area contributed by atoms with Crippen molar-refractivity contribution in [1.29, 1.82) is 0 Å². The number of ketones is 4. The normalized spacial score (nSPS) is 15.3. The van der Waals surface area contributed by atoms with Gasteiger partial charge >= 0.3 is 24.7 Å². The molecule has 0 heterocycles. The van der Waals surface area contributed by atoms with Gasteiger partial charge in [-0.2, -0.15) is 52.7 Å². The van der Waals surface area contributed by atoms with E-state index >= 15 is 0 Å². The molecule has 0 atom stereocenters. The maximum Gasteiger partial charge on any atom is 0.416 e. The van der Waals surface area contributed by atoms with Crippen LogP contribution in [0.2, 0.25) is 5.02 Å². The Hall–Kier alpha value is -9.99. The van der Waals surface area contributed by atoms with E-state index in [0.717, 1.165) is 74.2 Å². The minimum Gasteiger partial charge on any atom is -0.493 e. The van der Waals surface area contributed by atoms with Crippen LogP contribution >= 0.6 is 11.6 Å². The highest BCUT2D eigenvalue weighted by Crippen LogP contribution is 2.37. The molecule has 1 saturated carbocycles. The van der Waals surface area contributed by atoms with Crippen LogP contribution in [0.5, 0.6) is 23.0 Å². The molecular weight excluding hydrogens is 1380 g/mol. The van der Waals surface area contributed by atoms with Crippen molar-refractivity contribution in [3.8, 4) is 23.0 Å². The molecule has 4 N–H and O–H groups in total. The largest absolute Gasteiger partial charge is 0.493 e. The van der Waals surface area contributed by atoms with Crippen LogP contribution in [0.25, 0.3) is 0 Å². The van der Waals surface area contributed by atoms with E-state index in [1.807, 2.05) is 20.8 Å². The molecule has 29 heteroatoms. The molecule has 0 bridgehead atoms. The Morgan fingerprint density at radius 1 is 0.465 bits per heavy atom. The van der Waals surface area contributed by atoms with E-state index in [4.69, 9.17) is 30.5 Å². The van der Waals surface area contributed by atoms with Crippen molar-refractivity contribution in [2.24, 2.45) is 11.8 Å². The van der Waals surface area contributed by atoms with Gasteiger partial charge < -0.3 is 40.2 Å². The van der Waals surface area contributed by atoms with Crippen molar-refractivity contribution in [3.63, 3.8) is 0 Å². The Morgan fingerprint density at radius 3 is 1.17 bits per heavy atom. The topological polar surface area (TPSA) is 222 Å². The number of hydrogen-bond acceptors (Lipinski definition) is 12. The maximum atomic E-state index is 13.1. The Kier molecular flexibility index (Phi) is 29.2. The van der Waals surface area contributed by atoms with Crippen LogP contribution in [-0.4, -0.2) is 79.4 Å². The van der Waals surface area contributed by atoms with Crippen molar-refractivity contribution in [1.82, 2.24) is 21.3 Å². The number of benzene rings is 4. The van der Waals surface area contributed by atoms with Gasteiger partial charge in [0.25, 0.3) is 23.6 Å². The van der Waals surface area contributed by atoms with Gasteiger partial charge in [-0.15, -0.1) is 0 Å². The van der Waals surface area contributed by atoms with Crippen LogP contribution in [0.1, 0.15) is 150 Å². The van der Waals surface area contributed by atoms with E-state index in [0.29, 0.717) is 24.6 Å². The third-order valence-corrected chi connectivity index (χ3v) is 14.7. The lowest BCUT2D eigenvalue weighted by Gasteiger charge is -2.17. The first-order valence-electron chi connectivity index (χ1n) is 31.5. The quantitative estimate of drug-likeness (QED) is 0.0452. The number of rotatable bonds is 21. The second kappa shape index (κ2) is 36.9. The minimum absolute atomic E-state index is 0.0610. The molecule has 4 aromatic rings. The van der Waals surface area contributed by atoms with Crippen LogP contribution in [0.3, 0.4) is 0 Å². The predicted molar refractivity (Wildman–Crippen MR) is 347 cm³/mol. The van der Waals surface area contributed by atoms with E-state index in [1.54, 1.807) is 36.5 Å². The van der Waals surface area contributed by atoms with Crippen molar-refractivity contribution < 1.29 is 110 Å². The number of allylic oxidation sites excluding steroid dienone is 12. The SMILES string of the molecule is CC(C)COc1ccc(C(F)(F)F)cc1C(=O)NC1=CC(=O)CC=C1.CCCOc1ccc(C(F)(F)F)cc1C(=O)NC1=CC(=O)CC=C1.O=C1C=C(NC(=O)c2cc(C(F)(F)F)ccc2OCC2CCCC2)C=CC1.O=C1C=C(NC(=O)c2ccc(Cl)cc2OCCCC(F)(F)F)C=CC1. The summed E-state index contributed by atoms with van der Waals surface area (Å²) in [5.41, 5.74) is -2.32. The molecule has 101 heavy (non-hydrogen) atoms. The number of halogens is 13. The van der Waals surface area contributed by atoms with Crippen molar-refractivity contribution in [2.45, 2.75) is 116 Å². The molecular formula is C72H69ClF12N4O12. The number of amides is 4. The summed E-state index contributed by atoms with van der Waals surface area (Å²) >= 11 is 5.86. The van der Waals surface area contributed by atoms with E-state index in [1.165, 1.54) is 60.7 Å². The average molecular weight is 1450 g/mol. The number of carbonyl (C=O) groups is 8. The summed E-state index contributed by atoms with van der Waals surface area (Å²) in [5.74, 6) is -2.73. The van der Waals surface area contributed by atoms with Gasteiger partial charge in [0.1, 0.15) is 23.0 Å². The third-order valence-electron chi connectivity index (χ3n) is 14.5. The van der Waals surface area contributed by atoms with Gasteiger partial charge in [-0.1, -0.05) is 69.5 Å². The zero-order valence-electron chi connectivity index (χ0n) is 54.4. The number of nitrogens with one attached hydrogen (secondary N) is 4. The van der Waals surface area contributed by atoms with Gasteiger partial charge in [-0.05, 0) is 135 Å². The Labute approximate surface area is 577 Å². The molecule has 0 aromatic heterocycles. The summed E-state index contributed by atoms with van der Waals surface area (Å²) in [5, 5.41) is 10.2. The summed E-state index contributed by atoms with van der Waals surface area (Å²) < 4.78 is 175. The smallest absolute Gasteiger partial charge is 0.416 e.